The van der Waals surface area contributed by atoms with E-state index in [1.165, 1.54) is 0 Å². The van der Waals surface area contributed by atoms with Gasteiger partial charge < -0.3 is 18.9 Å². The fourth-order valence-corrected chi connectivity index (χ4v) is 1.56. The van der Waals surface area contributed by atoms with Crippen LogP contribution in [0.3, 0.4) is 0 Å². The topological polar surface area (TPSA) is 71.1 Å². The molecule has 0 radical (unpaired) electrons. The van der Waals surface area contributed by atoms with Crippen LogP contribution in [0.5, 0.6) is 0 Å². The zero-order valence-electron chi connectivity index (χ0n) is 7.76. The van der Waals surface area contributed by atoms with Gasteiger partial charge in [-0.3, -0.25) is 4.79 Å². The molecule has 2 rings (SSSR count). The second-order valence-corrected chi connectivity index (χ2v) is 3.56. The highest BCUT2D eigenvalue weighted by Gasteiger charge is 2.56. The van der Waals surface area contributed by atoms with Gasteiger partial charge in [0.15, 0.2) is 11.9 Å². The van der Waals surface area contributed by atoms with Crippen LogP contribution >= 0.6 is 0 Å². The van der Waals surface area contributed by atoms with Crippen molar-refractivity contribution in [2.75, 3.05) is 0 Å². The number of carbonyl (C=O) groups excluding carboxylic acids is 2. The van der Waals surface area contributed by atoms with E-state index in [1.54, 1.807) is 13.8 Å². The molecule has 0 aromatic rings. The van der Waals surface area contributed by atoms with E-state index >= 15 is 0 Å². The number of esters is 1. The number of hydrogen-bond acceptors (Lipinski definition) is 6. The predicted molar refractivity (Wildman–Crippen MR) is 40.9 cm³/mol. The molecule has 6 nitrogen and oxygen atoms in total. The van der Waals surface area contributed by atoms with Crippen molar-refractivity contribution in [2.45, 2.75) is 38.1 Å². The molecule has 2 aliphatic heterocycles. The first kappa shape index (κ1) is 9.42. The third-order valence-corrected chi connectivity index (χ3v) is 2.05. The van der Waals surface area contributed by atoms with E-state index in [-0.39, 0.29) is 6.47 Å². The lowest BCUT2D eigenvalue weighted by molar-refractivity contribution is -0.206. The van der Waals surface area contributed by atoms with Gasteiger partial charge in [0.1, 0.15) is 0 Å². The van der Waals surface area contributed by atoms with Crippen LogP contribution in [0.25, 0.3) is 0 Å². The summed E-state index contributed by atoms with van der Waals surface area (Å²) in [5, 5.41) is 0. The summed E-state index contributed by atoms with van der Waals surface area (Å²) in [6, 6.07) is 0. The summed E-state index contributed by atoms with van der Waals surface area (Å²) in [6.45, 7) is 3.58. The molecule has 0 saturated carbocycles. The second-order valence-electron chi connectivity index (χ2n) is 3.56. The van der Waals surface area contributed by atoms with Crippen molar-refractivity contribution in [2.24, 2.45) is 0 Å². The van der Waals surface area contributed by atoms with Gasteiger partial charge in [-0.2, -0.15) is 0 Å². The van der Waals surface area contributed by atoms with Gasteiger partial charge in [-0.05, 0) is 13.8 Å². The van der Waals surface area contributed by atoms with E-state index in [9.17, 15) is 9.59 Å². The smallest absolute Gasteiger partial charge is 0.352 e. The van der Waals surface area contributed by atoms with Crippen LogP contribution in [0.15, 0.2) is 0 Å². The number of rotatable bonds is 2. The maximum absolute atomic E-state index is 11.1. The van der Waals surface area contributed by atoms with E-state index in [0.29, 0.717) is 0 Å². The molecule has 0 aromatic carbocycles. The van der Waals surface area contributed by atoms with Crippen LogP contribution in [0.4, 0.5) is 0 Å². The van der Waals surface area contributed by atoms with Crippen LogP contribution in [0, 0.1) is 0 Å². The first-order chi connectivity index (χ1) is 6.53. The van der Waals surface area contributed by atoms with Gasteiger partial charge in [-0.15, -0.1) is 0 Å². The molecule has 2 aliphatic rings. The van der Waals surface area contributed by atoms with E-state index in [0.717, 1.165) is 0 Å². The van der Waals surface area contributed by atoms with Crippen LogP contribution < -0.4 is 0 Å². The highest BCUT2D eigenvalue weighted by atomic mass is 16.8. The lowest BCUT2D eigenvalue weighted by Gasteiger charge is -2.18. The van der Waals surface area contributed by atoms with Crippen LogP contribution in [0.2, 0.25) is 0 Å². The summed E-state index contributed by atoms with van der Waals surface area (Å²) in [5.74, 6) is -1.46. The third kappa shape index (κ3) is 1.36. The first-order valence-electron chi connectivity index (χ1n) is 4.19. The fraction of sp³-hybridized carbons (Fsp3) is 0.750. The van der Waals surface area contributed by atoms with Crippen LogP contribution in [-0.4, -0.2) is 36.7 Å². The molecule has 0 spiro atoms. The fourth-order valence-electron chi connectivity index (χ4n) is 1.56. The highest BCUT2D eigenvalue weighted by Crippen LogP contribution is 2.35. The van der Waals surface area contributed by atoms with Gasteiger partial charge in [0.25, 0.3) is 6.47 Å². The Kier molecular flexibility index (Phi) is 1.97. The van der Waals surface area contributed by atoms with Crippen molar-refractivity contribution in [3.63, 3.8) is 0 Å². The van der Waals surface area contributed by atoms with Crippen LogP contribution in [-0.2, 0) is 28.5 Å². The lowest BCUT2D eigenvalue weighted by Crippen LogP contribution is -2.34. The number of carbonyl (C=O) groups is 2. The normalized spacial score (nSPS) is 39.0. The van der Waals surface area contributed by atoms with Crippen molar-refractivity contribution in [3.8, 4) is 0 Å². The number of ether oxygens (including phenoxy) is 4. The van der Waals surface area contributed by atoms with Gasteiger partial charge in [0.05, 0.1) is 0 Å². The average molecular weight is 202 g/mol. The summed E-state index contributed by atoms with van der Waals surface area (Å²) < 4.78 is 20.0. The Balaban J connectivity index is 2.13. The van der Waals surface area contributed by atoms with Crippen molar-refractivity contribution < 1.29 is 28.5 Å². The molecule has 0 aromatic heterocycles. The molecule has 0 amide bonds. The quantitative estimate of drug-likeness (QED) is 0.446. The minimum Gasteiger partial charge on any atom is -0.449 e. The van der Waals surface area contributed by atoms with Gasteiger partial charge in [-0.25, -0.2) is 4.79 Å². The standard InChI is InChI=1S/C8H10O6/c1-8(2)13-5-4(11-3-9)6(10)12-7(5)14-8/h3-5,7H,1-2H3/t4-,5-,7-/m0/s1. The van der Waals surface area contributed by atoms with Gasteiger partial charge in [0.2, 0.25) is 12.4 Å². The molecular weight excluding hydrogens is 192 g/mol. The van der Waals surface area contributed by atoms with Gasteiger partial charge in [-0.1, -0.05) is 0 Å². The molecule has 0 aliphatic carbocycles. The molecule has 2 saturated heterocycles. The molecular formula is C8H10O6. The molecule has 78 valence electrons. The van der Waals surface area contributed by atoms with Crippen molar-refractivity contribution >= 4 is 12.4 Å². The van der Waals surface area contributed by atoms with Crippen molar-refractivity contribution in [1.82, 2.24) is 0 Å². The SMILES string of the molecule is CC1(C)O[C@@H]2OC(=O)[C@@H](OC=O)[C@@H]2O1. The molecule has 0 unspecified atom stereocenters. The van der Waals surface area contributed by atoms with E-state index < -0.39 is 30.3 Å². The average Bonchev–Trinajstić information content (AvgIpc) is 2.47. The molecule has 0 N–H and O–H groups in total. The summed E-state index contributed by atoms with van der Waals surface area (Å²) in [7, 11) is 0. The van der Waals surface area contributed by atoms with E-state index in [1.807, 2.05) is 0 Å². The summed E-state index contributed by atoms with van der Waals surface area (Å²) in [5.41, 5.74) is 0. The molecule has 2 heterocycles. The lowest BCUT2D eigenvalue weighted by atomic mass is 10.2. The Bertz CT molecular complexity index is 273. The van der Waals surface area contributed by atoms with E-state index in [4.69, 9.17) is 14.2 Å². The second kappa shape index (κ2) is 2.93. The Labute approximate surface area is 80.1 Å². The molecule has 0 bridgehead atoms. The molecule has 3 atom stereocenters. The maximum Gasteiger partial charge on any atom is 0.352 e. The van der Waals surface area contributed by atoms with Gasteiger partial charge >= 0.3 is 5.97 Å². The van der Waals surface area contributed by atoms with Crippen molar-refractivity contribution in [1.29, 1.82) is 0 Å². The maximum atomic E-state index is 11.1. The summed E-state index contributed by atoms with van der Waals surface area (Å²) in [4.78, 5) is 21.3. The van der Waals surface area contributed by atoms with Gasteiger partial charge in [0, 0.05) is 0 Å². The summed E-state index contributed by atoms with van der Waals surface area (Å²) >= 11 is 0. The van der Waals surface area contributed by atoms with Crippen LogP contribution in [0.1, 0.15) is 13.8 Å². The number of hydrogen-bond donors (Lipinski definition) is 0. The molecule has 6 heteroatoms. The zero-order chi connectivity index (χ0) is 10.3. The largest absolute Gasteiger partial charge is 0.449 e. The highest BCUT2D eigenvalue weighted by molar-refractivity contribution is 5.79. The third-order valence-electron chi connectivity index (χ3n) is 2.05. The Morgan fingerprint density at radius 3 is 2.79 bits per heavy atom. The molecule has 14 heavy (non-hydrogen) atoms. The van der Waals surface area contributed by atoms with E-state index in [2.05, 4.69) is 4.74 Å². The Hall–Kier alpha value is -1.14. The zero-order valence-corrected chi connectivity index (χ0v) is 7.76. The molecule has 2 fully saturated rings. The Morgan fingerprint density at radius 1 is 1.43 bits per heavy atom. The predicted octanol–water partition coefficient (Wildman–Crippen LogP) is -0.438. The summed E-state index contributed by atoms with van der Waals surface area (Å²) in [6.07, 6.45) is -2.45. The minimum atomic E-state index is -1.01. The minimum absolute atomic E-state index is 0.197. The monoisotopic (exact) mass is 202 g/mol. The Morgan fingerprint density at radius 2 is 2.14 bits per heavy atom. The number of fused-ring (bicyclic) bond motifs is 1. The first-order valence-corrected chi connectivity index (χ1v) is 4.19. The van der Waals surface area contributed by atoms with Crippen molar-refractivity contribution in [3.05, 3.63) is 0 Å².